The number of fused-ring (bicyclic) bond motifs is 1. The Morgan fingerprint density at radius 2 is 2.00 bits per heavy atom. The van der Waals surface area contributed by atoms with E-state index >= 15 is 0 Å². The Hall–Kier alpha value is -2.48. The average molecular weight is 275 g/mol. The van der Waals surface area contributed by atoms with Gasteiger partial charge >= 0.3 is 0 Å². The van der Waals surface area contributed by atoms with Gasteiger partial charge in [0.1, 0.15) is 5.52 Å². The van der Waals surface area contributed by atoms with Crippen LogP contribution in [0, 0.1) is 5.82 Å². The maximum atomic E-state index is 13.1. The fourth-order valence-electron chi connectivity index (χ4n) is 1.40. The first kappa shape index (κ1) is 11.6. The molecule has 0 aliphatic rings. The van der Waals surface area contributed by atoms with Crippen molar-refractivity contribution in [2.45, 2.75) is 0 Å². The number of nitrogens with zero attached hydrogens (tertiary/aromatic N) is 5. The number of phenols is 1. The molecule has 0 fully saturated rings. The molecule has 2 aromatic heterocycles. The van der Waals surface area contributed by atoms with Crippen molar-refractivity contribution in [2.24, 2.45) is 10.2 Å². The van der Waals surface area contributed by atoms with Gasteiger partial charge < -0.3 is 5.11 Å². The highest BCUT2D eigenvalue weighted by atomic mass is 32.1. The van der Waals surface area contributed by atoms with Gasteiger partial charge in [0.15, 0.2) is 22.2 Å². The summed E-state index contributed by atoms with van der Waals surface area (Å²) in [5.74, 6) is -1.17. The van der Waals surface area contributed by atoms with E-state index in [-0.39, 0.29) is 0 Å². The summed E-state index contributed by atoms with van der Waals surface area (Å²) in [7, 11) is 0. The van der Waals surface area contributed by atoms with Gasteiger partial charge in [-0.1, -0.05) is 0 Å². The minimum atomic E-state index is -0.745. The zero-order valence-electron chi connectivity index (χ0n) is 9.36. The number of hydrogen-bond acceptors (Lipinski definition) is 7. The molecule has 0 saturated heterocycles. The van der Waals surface area contributed by atoms with Crippen molar-refractivity contribution in [3.8, 4) is 5.75 Å². The standard InChI is InChI=1S/C11H6FN5OS/c12-7-5-6(1-2-8(7)18)15-16-11-9-10(17-19-11)14-4-3-13-9/h1-5,18H/b16-15+. The fraction of sp³-hybridized carbons (Fsp3) is 0. The van der Waals surface area contributed by atoms with Crippen molar-refractivity contribution in [1.82, 2.24) is 14.3 Å². The smallest absolute Gasteiger partial charge is 0.193 e. The second kappa shape index (κ2) is 4.65. The number of halogens is 1. The molecule has 0 bridgehead atoms. The Morgan fingerprint density at radius 1 is 1.16 bits per heavy atom. The highest BCUT2D eigenvalue weighted by Gasteiger charge is 2.07. The van der Waals surface area contributed by atoms with Crippen LogP contribution in [0.3, 0.4) is 0 Å². The zero-order valence-corrected chi connectivity index (χ0v) is 10.2. The predicted octanol–water partition coefficient (Wildman–Crippen LogP) is 3.35. The van der Waals surface area contributed by atoms with E-state index in [0.717, 1.165) is 17.6 Å². The molecule has 0 unspecified atom stereocenters. The molecule has 0 saturated carbocycles. The molecule has 8 heteroatoms. The molecular formula is C11H6FN5OS. The lowest BCUT2D eigenvalue weighted by atomic mass is 10.3. The van der Waals surface area contributed by atoms with E-state index in [2.05, 4.69) is 24.6 Å². The molecule has 0 aliphatic carbocycles. The van der Waals surface area contributed by atoms with E-state index in [4.69, 9.17) is 5.11 Å². The summed E-state index contributed by atoms with van der Waals surface area (Å²) in [6, 6.07) is 3.76. The maximum Gasteiger partial charge on any atom is 0.193 e. The SMILES string of the molecule is Oc1ccc(/N=N/c2snc3nccnc23)cc1F. The Labute approximate surface area is 110 Å². The van der Waals surface area contributed by atoms with Crippen molar-refractivity contribution in [3.05, 3.63) is 36.4 Å². The van der Waals surface area contributed by atoms with Gasteiger partial charge in [-0.3, -0.25) is 0 Å². The molecule has 19 heavy (non-hydrogen) atoms. The van der Waals surface area contributed by atoms with Gasteiger partial charge in [-0.05, 0) is 23.7 Å². The molecule has 0 spiro atoms. The number of rotatable bonds is 2. The largest absolute Gasteiger partial charge is 0.505 e. The van der Waals surface area contributed by atoms with E-state index in [1.54, 1.807) is 6.20 Å². The summed E-state index contributed by atoms with van der Waals surface area (Å²) in [5.41, 5.74) is 1.34. The Kier molecular flexibility index (Phi) is 2.84. The zero-order chi connectivity index (χ0) is 13.2. The van der Waals surface area contributed by atoms with Gasteiger partial charge in [-0.2, -0.15) is 4.37 Å². The molecule has 0 aliphatic heterocycles. The first-order valence-corrected chi connectivity index (χ1v) is 5.98. The molecule has 3 aromatic rings. The third-order valence-electron chi connectivity index (χ3n) is 2.29. The summed E-state index contributed by atoms with van der Waals surface area (Å²) in [4.78, 5) is 8.13. The molecule has 2 heterocycles. The van der Waals surface area contributed by atoms with Gasteiger partial charge in [-0.15, -0.1) is 10.2 Å². The molecule has 6 nitrogen and oxygen atoms in total. The van der Waals surface area contributed by atoms with Gasteiger partial charge in [0.2, 0.25) is 0 Å². The number of hydrogen-bond donors (Lipinski definition) is 1. The van der Waals surface area contributed by atoms with Crippen molar-refractivity contribution in [2.75, 3.05) is 0 Å². The Morgan fingerprint density at radius 3 is 2.84 bits per heavy atom. The topological polar surface area (TPSA) is 83.6 Å². The Bertz CT molecular complexity index is 773. The van der Waals surface area contributed by atoms with Crippen molar-refractivity contribution in [3.63, 3.8) is 0 Å². The van der Waals surface area contributed by atoms with E-state index in [1.807, 2.05) is 0 Å². The molecule has 1 N–H and O–H groups in total. The molecular weight excluding hydrogens is 269 g/mol. The van der Waals surface area contributed by atoms with Crippen LogP contribution in [0.15, 0.2) is 40.8 Å². The molecule has 0 atom stereocenters. The van der Waals surface area contributed by atoms with Crippen LogP contribution in [-0.2, 0) is 0 Å². The van der Waals surface area contributed by atoms with Crippen LogP contribution in [0.2, 0.25) is 0 Å². The molecule has 3 rings (SSSR count). The maximum absolute atomic E-state index is 13.1. The number of aromatic hydroxyl groups is 1. The molecule has 94 valence electrons. The van der Waals surface area contributed by atoms with Crippen molar-refractivity contribution < 1.29 is 9.50 Å². The highest BCUT2D eigenvalue weighted by Crippen LogP contribution is 2.29. The second-order valence-corrected chi connectivity index (χ2v) is 4.30. The van der Waals surface area contributed by atoms with E-state index in [1.165, 1.54) is 18.3 Å². The van der Waals surface area contributed by atoms with Crippen LogP contribution in [0.4, 0.5) is 15.1 Å². The molecule has 0 amide bonds. The average Bonchev–Trinajstić information content (AvgIpc) is 2.83. The van der Waals surface area contributed by atoms with Crippen molar-refractivity contribution >= 4 is 33.4 Å². The van der Waals surface area contributed by atoms with E-state index < -0.39 is 11.6 Å². The number of azo groups is 1. The lowest BCUT2D eigenvalue weighted by molar-refractivity contribution is 0.432. The first-order valence-electron chi connectivity index (χ1n) is 5.21. The Balaban J connectivity index is 1.96. The van der Waals surface area contributed by atoms with Crippen LogP contribution >= 0.6 is 11.5 Å². The van der Waals surface area contributed by atoms with E-state index in [9.17, 15) is 4.39 Å². The number of aromatic nitrogens is 3. The van der Waals surface area contributed by atoms with Crippen LogP contribution in [0.1, 0.15) is 0 Å². The normalized spacial score (nSPS) is 11.4. The quantitative estimate of drug-likeness (QED) is 0.727. The first-order chi connectivity index (χ1) is 9.24. The van der Waals surface area contributed by atoms with Crippen LogP contribution in [0.25, 0.3) is 11.2 Å². The van der Waals surface area contributed by atoms with Crippen LogP contribution in [-0.4, -0.2) is 19.4 Å². The van der Waals surface area contributed by atoms with E-state index in [0.29, 0.717) is 21.9 Å². The van der Waals surface area contributed by atoms with Crippen molar-refractivity contribution in [1.29, 1.82) is 0 Å². The lowest BCUT2D eigenvalue weighted by Crippen LogP contribution is -1.77. The highest BCUT2D eigenvalue weighted by molar-refractivity contribution is 7.11. The minimum absolute atomic E-state index is 0.292. The molecule has 0 radical (unpaired) electrons. The lowest BCUT2D eigenvalue weighted by Gasteiger charge is -1.95. The summed E-state index contributed by atoms with van der Waals surface area (Å²) in [6.07, 6.45) is 3.08. The van der Waals surface area contributed by atoms with Gasteiger partial charge in [-0.25, -0.2) is 14.4 Å². The third kappa shape index (κ3) is 2.25. The second-order valence-electron chi connectivity index (χ2n) is 3.55. The predicted molar refractivity (Wildman–Crippen MR) is 67.5 cm³/mol. The monoisotopic (exact) mass is 275 g/mol. The molecule has 1 aromatic carbocycles. The number of phenolic OH excluding ortho intramolecular Hbond substituents is 1. The van der Waals surface area contributed by atoms with Crippen LogP contribution in [0.5, 0.6) is 5.75 Å². The fourth-order valence-corrected chi connectivity index (χ4v) is 2.02. The van der Waals surface area contributed by atoms with Gasteiger partial charge in [0, 0.05) is 18.5 Å². The summed E-state index contributed by atoms with van der Waals surface area (Å²) < 4.78 is 17.2. The summed E-state index contributed by atoms with van der Waals surface area (Å²) in [5, 5.41) is 17.4. The van der Waals surface area contributed by atoms with Gasteiger partial charge in [0.25, 0.3) is 0 Å². The third-order valence-corrected chi connectivity index (χ3v) is 3.00. The summed E-state index contributed by atoms with van der Waals surface area (Å²) in [6.45, 7) is 0. The van der Waals surface area contributed by atoms with Gasteiger partial charge in [0.05, 0.1) is 5.69 Å². The summed E-state index contributed by atoms with van der Waals surface area (Å²) >= 11 is 1.11. The van der Waals surface area contributed by atoms with Crippen LogP contribution < -0.4 is 0 Å². The number of benzene rings is 1. The minimum Gasteiger partial charge on any atom is -0.505 e.